The van der Waals surface area contributed by atoms with Crippen LogP contribution in [-0.4, -0.2) is 40.6 Å². The van der Waals surface area contributed by atoms with Crippen LogP contribution in [0.25, 0.3) is 11.4 Å². The van der Waals surface area contributed by atoms with E-state index in [1.807, 2.05) is 24.3 Å². The number of rotatable bonds is 9. The summed E-state index contributed by atoms with van der Waals surface area (Å²) in [4.78, 5) is 18.9. The van der Waals surface area contributed by atoms with Crippen molar-refractivity contribution in [3.63, 3.8) is 0 Å². The van der Waals surface area contributed by atoms with Gasteiger partial charge in [0, 0.05) is 34.6 Å². The lowest BCUT2D eigenvalue weighted by Gasteiger charge is -2.24. The van der Waals surface area contributed by atoms with E-state index in [9.17, 15) is 4.79 Å². The molecular formula is C22H23BrClN3O3. The number of hydrogen-bond acceptors (Lipinski definition) is 5. The SMILES string of the molecule is CC(C)CN(CCc1nc(-c2ccc(Br)cc2)no1)C(=O)COc1ccc(Cl)cc1. The number of amides is 1. The molecule has 0 N–H and O–H groups in total. The Hall–Kier alpha value is -2.38. The van der Waals surface area contributed by atoms with Crippen molar-refractivity contribution in [2.45, 2.75) is 20.3 Å². The fourth-order valence-electron chi connectivity index (χ4n) is 2.83. The molecule has 3 aromatic rings. The second-order valence-corrected chi connectivity index (χ2v) is 8.60. The summed E-state index contributed by atoms with van der Waals surface area (Å²) in [6, 6.07) is 14.6. The lowest BCUT2D eigenvalue weighted by Crippen LogP contribution is -2.39. The molecule has 0 saturated carbocycles. The van der Waals surface area contributed by atoms with Crippen LogP contribution in [-0.2, 0) is 11.2 Å². The van der Waals surface area contributed by atoms with E-state index in [4.69, 9.17) is 20.9 Å². The molecule has 158 valence electrons. The molecule has 0 aliphatic rings. The van der Waals surface area contributed by atoms with Gasteiger partial charge in [-0.2, -0.15) is 4.98 Å². The van der Waals surface area contributed by atoms with E-state index in [2.05, 4.69) is 39.9 Å². The van der Waals surface area contributed by atoms with Crippen molar-refractivity contribution in [2.24, 2.45) is 5.92 Å². The molecule has 0 radical (unpaired) electrons. The fraction of sp³-hybridized carbons (Fsp3) is 0.318. The molecule has 6 nitrogen and oxygen atoms in total. The third-order valence-corrected chi connectivity index (χ3v) is 5.06. The van der Waals surface area contributed by atoms with Crippen LogP contribution in [0.15, 0.2) is 57.5 Å². The summed E-state index contributed by atoms with van der Waals surface area (Å²) in [6.45, 7) is 5.19. The molecule has 0 atom stereocenters. The van der Waals surface area contributed by atoms with Crippen LogP contribution >= 0.6 is 27.5 Å². The summed E-state index contributed by atoms with van der Waals surface area (Å²) in [6.07, 6.45) is 0.475. The molecule has 2 aromatic carbocycles. The van der Waals surface area contributed by atoms with Crippen LogP contribution < -0.4 is 4.74 Å². The average Bonchev–Trinajstić information content (AvgIpc) is 3.19. The normalized spacial score (nSPS) is 11.0. The van der Waals surface area contributed by atoms with E-state index in [0.717, 1.165) is 10.0 Å². The highest BCUT2D eigenvalue weighted by Gasteiger charge is 2.18. The molecule has 0 bridgehead atoms. The van der Waals surface area contributed by atoms with Crippen molar-refractivity contribution >= 4 is 33.4 Å². The minimum Gasteiger partial charge on any atom is -0.484 e. The van der Waals surface area contributed by atoms with Crippen LogP contribution in [0, 0.1) is 5.92 Å². The number of benzene rings is 2. The third kappa shape index (κ3) is 6.57. The molecular weight excluding hydrogens is 470 g/mol. The Kier molecular flexibility index (Phi) is 7.87. The average molecular weight is 493 g/mol. The van der Waals surface area contributed by atoms with Gasteiger partial charge in [0.25, 0.3) is 5.91 Å². The lowest BCUT2D eigenvalue weighted by molar-refractivity contribution is -0.133. The van der Waals surface area contributed by atoms with Crippen molar-refractivity contribution in [3.8, 4) is 17.1 Å². The van der Waals surface area contributed by atoms with Gasteiger partial charge in [0.05, 0.1) is 0 Å². The van der Waals surface area contributed by atoms with Gasteiger partial charge in [-0.15, -0.1) is 0 Å². The quantitative estimate of drug-likeness (QED) is 0.408. The summed E-state index contributed by atoms with van der Waals surface area (Å²) in [5.74, 6) is 1.86. The minimum absolute atomic E-state index is 0.0394. The molecule has 1 heterocycles. The molecule has 0 fully saturated rings. The highest BCUT2D eigenvalue weighted by molar-refractivity contribution is 9.10. The summed E-state index contributed by atoms with van der Waals surface area (Å²) in [5.41, 5.74) is 0.875. The molecule has 1 aromatic heterocycles. The van der Waals surface area contributed by atoms with Gasteiger partial charge in [0.2, 0.25) is 11.7 Å². The van der Waals surface area contributed by atoms with Crippen LogP contribution in [0.1, 0.15) is 19.7 Å². The standard InChI is InChI=1S/C22H23BrClN3O3/c1-15(2)13-27(21(28)14-29-19-9-7-18(24)8-10-19)12-11-20-25-22(26-30-20)16-3-5-17(23)6-4-16/h3-10,15H,11-14H2,1-2H3. The summed E-state index contributed by atoms with van der Waals surface area (Å²) in [7, 11) is 0. The first-order chi connectivity index (χ1) is 14.4. The van der Waals surface area contributed by atoms with Crippen LogP contribution in [0.2, 0.25) is 5.02 Å². The second-order valence-electron chi connectivity index (χ2n) is 7.24. The molecule has 1 amide bonds. The van der Waals surface area contributed by atoms with Gasteiger partial charge in [0.15, 0.2) is 6.61 Å². The van der Waals surface area contributed by atoms with Crippen LogP contribution in [0.4, 0.5) is 0 Å². The van der Waals surface area contributed by atoms with Crippen molar-refractivity contribution in [2.75, 3.05) is 19.7 Å². The Morgan fingerprint density at radius 1 is 1.17 bits per heavy atom. The third-order valence-electron chi connectivity index (χ3n) is 4.28. The van der Waals surface area contributed by atoms with Crippen molar-refractivity contribution in [3.05, 3.63) is 63.9 Å². The van der Waals surface area contributed by atoms with E-state index < -0.39 is 0 Å². The van der Waals surface area contributed by atoms with Gasteiger partial charge < -0.3 is 14.2 Å². The van der Waals surface area contributed by atoms with E-state index in [-0.39, 0.29) is 12.5 Å². The van der Waals surface area contributed by atoms with Gasteiger partial charge in [0.1, 0.15) is 5.75 Å². The van der Waals surface area contributed by atoms with E-state index in [0.29, 0.717) is 47.9 Å². The van der Waals surface area contributed by atoms with Gasteiger partial charge in [-0.05, 0) is 54.4 Å². The van der Waals surface area contributed by atoms with Crippen molar-refractivity contribution < 1.29 is 14.1 Å². The zero-order chi connectivity index (χ0) is 21.5. The largest absolute Gasteiger partial charge is 0.484 e. The number of aromatic nitrogens is 2. The maximum Gasteiger partial charge on any atom is 0.260 e. The number of carbonyl (C=O) groups excluding carboxylic acids is 1. The zero-order valence-corrected chi connectivity index (χ0v) is 19.2. The minimum atomic E-state index is -0.0914. The molecule has 0 aliphatic heterocycles. The van der Waals surface area contributed by atoms with E-state index >= 15 is 0 Å². The van der Waals surface area contributed by atoms with Crippen LogP contribution in [0.3, 0.4) is 0 Å². The predicted octanol–water partition coefficient (Wildman–Crippen LogP) is 5.26. The highest BCUT2D eigenvalue weighted by Crippen LogP contribution is 2.19. The predicted molar refractivity (Wildman–Crippen MR) is 120 cm³/mol. The van der Waals surface area contributed by atoms with Crippen LogP contribution in [0.5, 0.6) is 5.75 Å². The summed E-state index contributed by atoms with van der Waals surface area (Å²) in [5, 5.41) is 4.66. The molecule has 0 unspecified atom stereocenters. The maximum absolute atomic E-state index is 12.7. The molecule has 0 spiro atoms. The smallest absolute Gasteiger partial charge is 0.260 e. The van der Waals surface area contributed by atoms with E-state index in [1.54, 1.807) is 29.2 Å². The second kappa shape index (κ2) is 10.6. The first-order valence-corrected chi connectivity index (χ1v) is 10.8. The zero-order valence-electron chi connectivity index (χ0n) is 16.8. The first-order valence-electron chi connectivity index (χ1n) is 9.65. The van der Waals surface area contributed by atoms with Crippen molar-refractivity contribution in [1.29, 1.82) is 0 Å². The van der Waals surface area contributed by atoms with Gasteiger partial charge in [-0.1, -0.05) is 46.5 Å². The van der Waals surface area contributed by atoms with Crippen molar-refractivity contribution in [1.82, 2.24) is 15.0 Å². The monoisotopic (exact) mass is 491 g/mol. The molecule has 8 heteroatoms. The molecule has 0 saturated heterocycles. The highest BCUT2D eigenvalue weighted by atomic mass is 79.9. The first kappa shape index (κ1) is 22.3. The Morgan fingerprint density at radius 3 is 2.53 bits per heavy atom. The summed E-state index contributed by atoms with van der Waals surface area (Å²) >= 11 is 9.29. The molecule has 30 heavy (non-hydrogen) atoms. The Labute approximate surface area is 189 Å². The number of halogens is 2. The fourth-order valence-corrected chi connectivity index (χ4v) is 3.22. The Balaban J connectivity index is 1.58. The summed E-state index contributed by atoms with van der Waals surface area (Å²) < 4.78 is 12.0. The lowest BCUT2D eigenvalue weighted by atomic mass is 10.2. The van der Waals surface area contributed by atoms with E-state index in [1.165, 1.54) is 0 Å². The number of carbonyl (C=O) groups is 1. The number of ether oxygens (including phenoxy) is 1. The maximum atomic E-state index is 12.7. The topological polar surface area (TPSA) is 68.5 Å². The Bertz CT molecular complexity index is 959. The molecule has 3 rings (SSSR count). The number of hydrogen-bond donors (Lipinski definition) is 0. The van der Waals surface area contributed by atoms with Gasteiger partial charge >= 0.3 is 0 Å². The number of nitrogens with zero attached hydrogens (tertiary/aromatic N) is 3. The van der Waals surface area contributed by atoms with Gasteiger partial charge in [-0.25, -0.2) is 0 Å². The Morgan fingerprint density at radius 2 is 1.87 bits per heavy atom. The molecule has 0 aliphatic carbocycles. The van der Waals surface area contributed by atoms with Gasteiger partial charge in [-0.3, -0.25) is 4.79 Å².